The first-order valence-electron chi connectivity index (χ1n) is 38.0. The minimum atomic E-state index is -1.51. The molecule has 0 radical (unpaired) electrons. The van der Waals surface area contributed by atoms with Crippen LogP contribution < -0.4 is 82.1 Å². The fourth-order valence-electron chi connectivity index (χ4n) is 15.2. The number of para-hydroxylation sites is 1. The van der Waals surface area contributed by atoms with Crippen LogP contribution in [-0.4, -0.2) is 177 Å². The van der Waals surface area contributed by atoms with Gasteiger partial charge in [-0.1, -0.05) is 80.6 Å². The molecule has 0 bridgehead atoms. The van der Waals surface area contributed by atoms with Crippen molar-refractivity contribution in [3.05, 3.63) is 166 Å². The monoisotopic (exact) mass is 1530 g/mol. The van der Waals surface area contributed by atoms with Crippen LogP contribution in [0.5, 0.6) is 28.7 Å². The molecule has 9 amide bonds. The first-order valence-corrected chi connectivity index (χ1v) is 38.0. The van der Waals surface area contributed by atoms with Gasteiger partial charge in [0.1, 0.15) is 24.4 Å². The Bertz CT molecular complexity index is 4640. The van der Waals surface area contributed by atoms with Gasteiger partial charge in [0.25, 0.3) is 11.8 Å². The molecule has 1 aliphatic carbocycles. The van der Waals surface area contributed by atoms with Gasteiger partial charge in [0.15, 0.2) is 29.2 Å². The van der Waals surface area contributed by atoms with Crippen molar-refractivity contribution in [2.75, 3.05) is 94.2 Å². The van der Waals surface area contributed by atoms with Crippen LogP contribution >= 0.6 is 0 Å². The number of hydrazine groups is 2. The molecule has 13 rings (SSSR count). The van der Waals surface area contributed by atoms with E-state index in [1.807, 2.05) is 90.9 Å². The van der Waals surface area contributed by atoms with E-state index in [9.17, 15) is 48.3 Å². The van der Waals surface area contributed by atoms with E-state index in [0.29, 0.717) is 98.0 Å². The highest BCUT2D eigenvalue weighted by Crippen LogP contribution is 2.57. The van der Waals surface area contributed by atoms with Crippen molar-refractivity contribution >= 4 is 93.1 Å². The van der Waals surface area contributed by atoms with Crippen molar-refractivity contribution in [1.82, 2.24) is 47.0 Å². The van der Waals surface area contributed by atoms with E-state index >= 15 is 0 Å². The van der Waals surface area contributed by atoms with Gasteiger partial charge < -0.3 is 91.3 Å². The number of nitrogens with two attached hydrogens (primary N) is 1. The molecule has 7 aliphatic rings. The number of carbonyl (C=O) groups excluding carboxylic acids is 9. The molecule has 30 nitrogen and oxygen atoms in total. The number of anilines is 4. The number of ether oxygens (including phenoxy) is 6. The summed E-state index contributed by atoms with van der Waals surface area (Å²) in [5, 5.41) is 31.0. The second kappa shape index (κ2) is 34.6. The maximum atomic E-state index is 14.6. The normalized spacial score (nSPS) is 18.0. The number of carbonyl (C=O) groups is 9. The van der Waals surface area contributed by atoms with Crippen LogP contribution in [0.15, 0.2) is 128 Å². The minimum Gasteiger partial charge on any atom is -0.497 e. The molecular formula is C82H96N14O16. The Hall–Kier alpha value is -11.9. The Labute approximate surface area is 648 Å². The molecule has 1 unspecified atom stereocenters. The lowest BCUT2D eigenvalue weighted by Gasteiger charge is -2.31. The number of nitrogens with zero attached hydrogens (tertiary/aromatic N) is 5. The summed E-state index contributed by atoms with van der Waals surface area (Å²) in [5.74, 6) is -2.55. The van der Waals surface area contributed by atoms with Crippen LogP contribution in [0.25, 0.3) is 17.0 Å². The van der Waals surface area contributed by atoms with Crippen molar-refractivity contribution in [3.63, 3.8) is 0 Å². The van der Waals surface area contributed by atoms with E-state index < -0.39 is 79.0 Å². The fraction of sp³-hybridized carbons (Fsp3) is 0.402. The van der Waals surface area contributed by atoms with Gasteiger partial charge in [-0.25, -0.2) is 9.69 Å². The highest BCUT2D eigenvalue weighted by Gasteiger charge is 2.58. The lowest BCUT2D eigenvalue weighted by atomic mass is 9.95. The van der Waals surface area contributed by atoms with Crippen LogP contribution in [0.4, 0.5) is 27.5 Å². The average Bonchev–Trinajstić information content (AvgIpc) is 1.56. The van der Waals surface area contributed by atoms with E-state index in [-0.39, 0.29) is 97.6 Å². The largest absolute Gasteiger partial charge is 0.497 e. The summed E-state index contributed by atoms with van der Waals surface area (Å²) in [5.41, 5.74) is 21.4. The third-order valence-corrected chi connectivity index (χ3v) is 21.4. The Kier molecular flexibility index (Phi) is 24.2. The molecular weight excluding hydrogens is 1440 g/mol. The standard InChI is InChI=1S/C82H96N14O16/c1-7-95-75-56-16-9-8-15-51(56)44-93(62-19-11-10-17-57(62)74(75)90-91-95)72(100)29-28-69(97)85-42-70(98)86-43-71(99)89-73(48(2)3)77(102)88-60(18-12-13-32-83)76(101)87-53-24-20-49(21-25-53)46-112-81(106)96-63-39-68(66(109-6)37-59(63)79(104)94-47-82(30-31-82)40-64(94)80(96)105)111-34-14-33-110-67-38-61-58(36-65(67)108-5)78(103)92-45-52(35-54(92)41-84-61)50-22-26-55(107-4)27-23-50/h8-11,15-17,19-27,36-39,45,48,54,60,64,73,80,84,90-91,105H,7,12-14,18,28-35,40-44,46-47,83H2,1-6H3,(H,85,97)(H,86,98)(H,87,101)(H,88,102)(H,89,99)/t54-,60-,64-,73-,80?/m0/s1. The predicted octanol–water partition coefficient (Wildman–Crippen LogP) is 7.13. The van der Waals surface area contributed by atoms with Crippen molar-refractivity contribution < 1.29 is 76.7 Å². The number of nitrogens with one attached hydrogen (secondary N) is 8. The van der Waals surface area contributed by atoms with Gasteiger partial charge in [0.2, 0.25) is 35.4 Å². The first kappa shape index (κ1) is 78.2. The van der Waals surface area contributed by atoms with Crippen molar-refractivity contribution in [2.45, 2.75) is 129 Å². The number of aliphatic hydroxyl groups excluding tert-OH is 1. The van der Waals surface area contributed by atoms with Crippen LogP contribution in [-0.2, 0) is 46.7 Å². The summed E-state index contributed by atoms with van der Waals surface area (Å²) >= 11 is 0. The van der Waals surface area contributed by atoms with Crippen molar-refractivity contribution in [1.29, 1.82) is 0 Å². The highest BCUT2D eigenvalue weighted by molar-refractivity contribution is 6.07. The van der Waals surface area contributed by atoms with E-state index in [1.54, 1.807) is 72.1 Å². The number of amides is 9. The van der Waals surface area contributed by atoms with Gasteiger partial charge in [-0.05, 0) is 134 Å². The molecule has 112 heavy (non-hydrogen) atoms. The molecule has 590 valence electrons. The molecule has 6 heterocycles. The van der Waals surface area contributed by atoms with E-state index in [4.69, 9.17) is 34.2 Å². The van der Waals surface area contributed by atoms with Crippen LogP contribution in [0.3, 0.4) is 0 Å². The van der Waals surface area contributed by atoms with E-state index in [2.05, 4.69) is 42.9 Å². The summed E-state index contributed by atoms with van der Waals surface area (Å²) in [6.45, 7) is 6.58. The Morgan fingerprint density at radius 3 is 2.11 bits per heavy atom. The number of fused-ring (bicyclic) bond motifs is 8. The Balaban J connectivity index is 0.588. The summed E-state index contributed by atoms with van der Waals surface area (Å²) in [6, 6.07) is 33.0. The second-order valence-electron chi connectivity index (χ2n) is 29.2. The summed E-state index contributed by atoms with van der Waals surface area (Å²) in [4.78, 5) is 131. The third-order valence-electron chi connectivity index (χ3n) is 21.4. The topological polar surface area (TPSA) is 368 Å². The Morgan fingerprint density at radius 2 is 1.40 bits per heavy atom. The van der Waals surface area contributed by atoms with Gasteiger partial charge in [0, 0.05) is 74.0 Å². The molecule has 6 aromatic carbocycles. The SMILES string of the molecule is CCN1NNC2=C1c1ccccc1CN(C(=O)CCC(=O)NCC(=O)NCC(=O)N[C@H](C(=O)N[C@@H](CCCCN)C(=O)Nc1ccc(COC(=O)N3c4cc(OCCCOc5cc6c(cc5OC)C(=O)N5C=C(c7ccc(OC)cc7)C[C@H]5CN6)c(OC)cc4C(=O)N4CC5(CC5)C[C@H]4C3O)cc1)C(C)C)c1ccccc12. The molecule has 30 heteroatoms. The maximum Gasteiger partial charge on any atom is 0.416 e. The third kappa shape index (κ3) is 17.2. The number of unbranched alkanes of at least 4 members (excludes halogenated alkanes) is 1. The van der Waals surface area contributed by atoms with Gasteiger partial charge in [-0.2, -0.15) is 0 Å². The maximum absolute atomic E-state index is 14.6. The van der Waals surface area contributed by atoms with Gasteiger partial charge in [0.05, 0.1) is 106 Å². The molecule has 1 saturated carbocycles. The smallest absolute Gasteiger partial charge is 0.416 e. The van der Waals surface area contributed by atoms with Crippen LogP contribution in [0.1, 0.15) is 134 Å². The predicted molar refractivity (Wildman–Crippen MR) is 417 cm³/mol. The summed E-state index contributed by atoms with van der Waals surface area (Å²) in [6.07, 6.45) is 3.55. The van der Waals surface area contributed by atoms with Gasteiger partial charge in [-0.3, -0.25) is 43.4 Å². The van der Waals surface area contributed by atoms with Gasteiger partial charge >= 0.3 is 6.09 Å². The number of methoxy groups -OCH3 is 3. The molecule has 1 spiro atoms. The zero-order valence-corrected chi connectivity index (χ0v) is 63.6. The second-order valence-corrected chi connectivity index (χ2v) is 29.2. The molecule has 11 N–H and O–H groups in total. The van der Waals surface area contributed by atoms with Gasteiger partial charge in [-0.15, -0.1) is 5.53 Å². The molecule has 2 fully saturated rings. The zero-order chi connectivity index (χ0) is 78.9. The summed E-state index contributed by atoms with van der Waals surface area (Å²) < 4.78 is 35.4. The van der Waals surface area contributed by atoms with Crippen molar-refractivity contribution in [3.8, 4) is 28.7 Å². The zero-order valence-electron chi connectivity index (χ0n) is 63.6. The number of rotatable bonds is 30. The van der Waals surface area contributed by atoms with Crippen LogP contribution in [0, 0.1) is 11.3 Å². The first-order chi connectivity index (χ1) is 54.2. The number of hydrogen-bond acceptors (Lipinski definition) is 21. The van der Waals surface area contributed by atoms with Crippen LogP contribution in [0.2, 0.25) is 0 Å². The molecule has 1 saturated heterocycles. The average molecular weight is 1530 g/mol. The lowest BCUT2D eigenvalue weighted by molar-refractivity contribution is -0.132. The van der Waals surface area contributed by atoms with E-state index in [1.165, 1.54) is 26.4 Å². The molecule has 0 aromatic heterocycles. The minimum absolute atomic E-state index is 0.0538. The highest BCUT2D eigenvalue weighted by atomic mass is 16.6. The quantitative estimate of drug-likeness (QED) is 0.0200. The molecule has 5 atom stereocenters. The summed E-state index contributed by atoms with van der Waals surface area (Å²) in [7, 11) is 4.57. The number of hydrogen-bond donors (Lipinski definition) is 10. The number of benzene rings is 6. The number of aliphatic hydroxyl groups is 1. The Morgan fingerprint density at radius 1 is 0.705 bits per heavy atom. The lowest BCUT2D eigenvalue weighted by Crippen LogP contribution is -2.55. The fourth-order valence-corrected chi connectivity index (χ4v) is 15.2. The van der Waals surface area contributed by atoms with Crippen molar-refractivity contribution in [2.24, 2.45) is 17.1 Å². The molecule has 6 aromatic rings. The molecule has 6 aliphatic heterocycles. The van der Waals surface area contributed by atoms with E-state index in [0.717, 1.165) is 62.7 Å².